The zero-order chi connectivity index (χ0) is 16.7. The van der Waals surface area contributed by atoms with Crippen molar-refractivity contribution in [1.82, 2.24) is 20.9 Å². The van der Waals surface area contributed by atoms with Gasteiger partial charge in [-0.15, -0.1) is 0 Å². The van der Waals surface area contributed by atoms with Gasteiger partial charge in [-0.1, -0.05) is 25.3 Å². The lowest BCUT2D eigenvalue weighted by Crippen LogP contribution is -2.54. The van der Waals surface area contributed by atoms with Crippen LogP contribution in [0.5, 0.6) is 0 Å². The molecule has 23 heavy (non-hydrogen) atoms. The fourth-order valence-corrected chi connectivity index (χ4v) is 3.02. The van der Waals surface area contributed by atoms with Crippen molar-refractivity contribution in [3.8, 4) is 0 Å². The Hall–Kier alpha value is -1.82. The third-order valence-corrected chi connectivity index (χ3v) is 4.65. The minimum Gasteiger partial charge on any atom is -0.363 e. The first-order valence-corrected chi connectivity index (χ1v) is 8.37. The van der Waals surface area contributed by atoms with Gasteiger partial charge in [-0.25, -0.2) is 9.78 Å². The van der Waals surface area contributed by atoms with Crippen LogP contribution in [0.15, 0.2) is 18.3 Å². The number of hydrogen-bond donors (Lipinski definition) is 3. The molecule has 2 rings (SSSR count). The maximum absolute atomic E-state index is 12.0. The summed E-state index contributed by atoms with van der Waals surface area (Å²) in [5.74, 6) is 0.909. The van der Waals surface area contributed by atoms with Gasteiger partial charge in [-0.3, -0.25) is 0 Å². The zero-order valence-corrected chi connectivity index (χ0v) is 14.5. The zero-order valence-electron chi connectivity index (χ0n) is 14.5. The van der Waals surface area contributed by atoms with Crippen molar-refractivity contribution in [2.45, 2.75) is 44.2 Å². The van der Waals surface area contributed by atoms with Crippen LogP contribution >= 0.6 is 0 Å². The molecule has 0 aromatic carbocycles. The number of rotatable bonds is 6. The van der Waals surface area contributed by atoms with Crippen LogP contribution in [0.2, 0.25) is 0 Å². The van der Waals surface area contributed by atoms with E-state index in [0.29, 0.717) is 13.1 Å². The van der Waals surface area contributed by atoms with Crippen LogP contribution < -0.4 is 20.9 Å². The van der Waals surface area contributed by atoms with Crippen molar-refractivity contribution in [3.05, 3.63) is 23.9 Å². The number of anilines is 1. The van der Waals surface area contributed by atoms with E-state index >= 15 is 0 Å². The Morgan fingerprint density at radius 2 is 1.96 bits per heavy atom. The molecule has 128 valence electrons. The maximum atomic E-state index is 12.0. The van der Waals surface area contributed by atoms with Crippen LogP contribution in [0.1, 0.15) is 37.7 Å². The SMILES string of the molecule is CNC1(CNC(=O)NCc2ccc(N(C)C)nc2)CCCCC1. The summed E-state index contributed by atoms with van der Waals surface area (Å²) in [6.07, 6.45) is 7.80. The predicted molar refractivity (Wildman–Crippen MR) is 93.7 cm³/mol. The Morgan fingerprint density at radius 3 is 2.52 bits per heavy atom. The normalized spacial score (nSPS) is 16.7. The molecule has 6 nitrogen and oxygen atoms in total. The first-order valence-electron chi connectivity index (χ1n) is 8.37. The summed E-state index contributed by atoms with van der Waals surface area (Å²) >= 11 is 0. The highest BCUT2D eigenvalue weighted by molar-refractivity contribution is 5.73. The lowest BCUT2D eigenvalue weighted by atomic mass is 9.82. The van der Waals surface area contributed by atoms with E-state index in [9.17, 15) is 4.79 Å². The topological polar surface area (TPSA) is 69.3 Å². The molecule has 1 aromatic rings. The molecule has 3 N–H and O–H groups in total. The summed E-state index contributed by atoms with van der Waals surface area (Å²) in [5.41, 5.74) is 1.05. The fourth-order valence-electron chi connectivity index (χ4n) is 3.02. The summed E-state index contributed by atoms with van der Waals surface area (Å²) in [6.45, 7) is 1.16. The number of aromatic nitrogens is 1. The van der Waals surface area contributed by atoms with Crippen LogP contribution in [0.3, 0.4) is 0 Å². The van der Waals surface area contributed by atoms with Gasteiger partial charge in [-0.2, -0.15) is 0 Å². The monoisotopic (exact) mass is 319 g/mol. The van der Waals surface area contributed by atoms with Gasteiger partial charge >= 0.3 is 6.03 Å². The Bertz CT molecular complexity index is 494. The number of urea groups is 1. The number of carbonyl (C=O) groups is 1. The first-order chi connectivity index (χ1) is 11.0. The molecule has 1 aliphatic carbocycles. The summed E-state index contributed by atoms with van der Waals surface area (Å²) in [6, 6.07) is 3.81. The molecule has 1 aromatic heterocycles. The van der Waals surface area contributed by atoms with Crippen molar-refractivity contribution >= 4 is 11.8 Å². The molecule has 6 heteroatoms. The second kappa shape index (κ2) is 8.15. The molecule has 0 spiro atoms. The minimum atomic E-state index is -0.123. The Balaban J connectivity index is 1.76. The van der Waals surface area contributed by atoms with Crippen molar-refractivity contribution in [2.24, 2.45) is 0 Å². The quantitative estimate of drug-likeness (QED) is 0.749. The molecule has 1 saturated carbocycles. The lowest BCUT2D eigenvalue weighted by Gasteiger charge is -2.37. The standard InChI is InChI=1S/C17H29N5O/c1-18-17(9-5-4-6-10-17)13-21-16(23)20-12-14-7-8-15(19-11-14)22(2)3/h7-8,11,18H,4-6,9-10,12-13H2,1-3H3,(H2,20,21,23). The molecule has 1 fully saturated rings. The Labute approximate surface area is 139 Å². The van der Waals surface area contributed by atoms with Crippen molar-refractivity contribution in [3.63, 3.8) is 0 Å². The van der Waals surface area contributed by atoms with Gasteiger partial charge in [0.2, 0.25) is 0 Å². The van der Waals surface area contributed by atoms with Crippen LogP contribution in [-0.2, 0) is 6.54 Å². The van der Waals surface area contributed by atoms with E-state index in [1.54, 1.807) is 6.20 Å². The number of nitrogens with one attached hydrogen (secondary N) is 3. The summed E-state index contributed by atoms with van der Waals surface area (Å²) in [7, 11) is 5.90. The number of amides is 2. The van der Waals surface area contributed by atoms with Gasteiger partial charge in [0.15, 0.2) is 0 Å². The number of nitrogens with zero attached hydrogens (tertiary/aromatic N) is 2. The minimum absolute atomic E-state index is 0.0600. The van der Waals surface area contributed by atoms with Gasteiger partial charge in [0.1, 0.15) is 5.82 Å². The molecule has 0 saturated heterocycles. The molecule has 0 bridgehead atoms. The van der Waals surface area contributed by atoms with E-state index in [-0.39, 0.29) is 11.6 Å². The highest BCUT2D eigenvalue weighted by Crippen LogP contribution is 2.27. The Morgan fingerprint density at radius 1 is 1.22 bits per heavy atom. The average molecular weight is 319 g/mol. The van der Waals surface area contributed by atoms with Gasteiger partial charge in [0.25, 0.3) is 0 Å². The average Bonchev–Trinajstić information content (AvgIpc) is 2.59. The van der Waals surface area contributed by atoms with Crippen LogP contribution in [0, 0.1) is 0 Å². The molecular weight excluding hydrogens is 290 g/mol. The van der Waals surface area contributed by atoms with Gasteiger partial charge in [0.05, 0.1) is 0 Å². The predicted octanol–water partition coefficient (Wildman–Crippen LogP) is 1.87. The second-order valence-electron chi connectivity index (χ2n) is 6.55. The van der Waals surface area contributed by atoms with E-state index < -0.39 is 0 Å². The number of pyridine rings is 1. The first kappa shape index (κ1) is 17.5. The van der Waals surface area contributed by atoms with E-state index in [2.05, 4.69) is 20.9 Å². The molecule has 0 unspecified atom stereocenters. The highest BCUT2D eigenvalue weighted by atomic mass is 16.2. The van der Waals surface area contributed by atoms with E-state index in [1.165, 1.54) is 19.3 Å². The largest absolute Gasteiger partial charge is 0.363 e. The molecule has 1 aliphatic rings. The number of hydrogen-bond acceptors (Lipinski definition) is 4. The van der Waals surface area contributed by atoms with Gasteiger partial charge in [-0.05, 0) is 31.5 Å². The smallest absolute Gasteiger partial charge is 0.315 e. The molecule has 1 heterocycles. The third-order valence-electron chi connectivity index (χ3n) is 4.65. The number of carbonyl (C=O) groups excluding carboxylic acids is 1. The van der Waals surface area contributed by atoms with Crippen LogP contribution in [-0.4, -0.2) is 44.2 Å². The Kier molecular flexibility index (Phi) is 6.21. The molecule has 0 radical (unpaired) electrons. The summed E-state index contributed by atoms with van der Waals surface area (Å²) in [5, 5.41) is 9.31. The summed E-state index contributed by atoms with van der Waals surface area (Å²) < 4.78 is 0. The summed E-state index contributed by atoms with van der Waals surface area (Å²) in [4.78, 5) is 18.3. The van der Waals surface area contributed by atoms with E-state index in [4.69, 9.17) is 0 Å². The second-order valence-corrected chi connectivity index (χ2v) is 6.55. The van der Waals surface area contributed by atoms with Crippen molar-refractivity contribution in [1.29, 1.82) is 0 Å². The molecule has 0 atom stereocenters. The van der Waals surface area contributed by atoms with Gasteiger partial charge < -0.3 is 20.9 Å². The highest BCUT2D eigenvalue weighted by Gasteiger charge is 2.30. The third kappa shape index (κ3) is 5.10. The fraction of sp³-hybridized carbons (Fsp3) is 0.647. The van der Waals surface area contributed by atoms with Crippen molar-refractivity contribution in [2.75, 3.05) is 32.6 Å². The molecule has 2 amide bonds. The number of likely N-dealkylation sites (N-methyl/N-ethyl adjacent to an activating group) is 1. The van der Waals surface area contributed by atoms with Crippen LogP contribution in [0.4, 0.5) is 10.6 Å². The lowest BCUT2D eigenvalue weighted by molar-refractivity contribution is 0.217. The van der Waals surface area contributed by atoms with Crippen molar-refractivity contribution < 1.29 is 4.79 Å². The van der Waals surface area contributed by atoms with E-state index in [1.807, 2.05) is 38.2 Å². The van der Waals surface area contributed by atoms with Crippen LogP contribution in [0.25, 0.3) is 0 Å². The maximum Gasteiger partial charge on any atom is 0.315 e. The van der Waals surface area contributed by atoms with E-state index in [0.717, 1.165) is 24.2 Å². The van der Waals surface area contributed by atoms with Gasteiger partial charge in [0, 0.05) is 38.9 Å². The molecule has 0 aliphatic heterocycles. The molecular formula is C17H29N5O.